The van der Waals surface area contributed by atoms with Gasteiger partial charge in [-0.05, 0) is 60.7 Å². The van der Waals surface area contributed by atoms with Crippen molar-refractivity contribution in [2.75, 3.05) is 19.5 Å². The zero-order chi connectivity index (χ0) is 21.3. The first-order chi connectivity index (χ1) is 14.6. The Labute approximate surface area is 174 Å². The second-order valence-electron chi connectivity index (χ2n) is 6.21. The van der Waals surface area contributed by atoms with E-state index < -0.39 is 5.97 Å². The third kappa shape index (κ3) is 5.48. The molecule has 0 radical (unpaired) electrons. The first-order valence-electron chi connectivity index (χ1n) is 9.17. The molecule has 0 heterocycles. The Morgan fingerprint density at radius 2 is 1.53 bits per heavy atom. The van der Waals surface area contributed by atoms with E-state index in [1.165, 1.54) is 6.08 Å². The smallest absolute Gasteiger partial charge is 0.336 e. The van der Waals surface area contributed by atoms with E-state index in [4.69, 9.17) is 14.2 Å². The van der Waals surface area contributed by atoms with Gasteiger partial charge in [-0.25, -0.2) is 4.79 Å². The van der Waals surface area contributed by atoms with E-state index in [0.29, 0.717) is 34.1 Å². The van der Waals surface area contributed by atoms with Gasteiger partial charge >= 0.3 is 5.97 Å². The number of rotatable bonds is 7. The minimum absolute atomic E-state index is 0.212. The van der Waals surface area contributed by atoms with Gasteiger partial charge in [0, 0.05) is 22.9 Å². The van der Waals surface area contributed by atoms with Crippen LogP contribution in [-0.4, -0.2) is 26.1 Å². The van der Waals surface area contributed by atoms with Crippen LogP contribution in [0.15, 0.2) is 78.9 Å². The fourth-order valence-electron chi connectivity index (χ4n) is 2.68. The van der Waals surface area contributed by atoms with Gasteiger partial charge < -0.3 is 19.5 Å². The maximum Gasteiger partial charge on any atom is 0.336 e. The van der Waals surface area contributed by atoms with E-state index in [-0.39, 0.29) is 5.91 Å². The summed E-state index contributed by atoms with van der Waals surface area (Å²) in [5.74, 6) is 0.867. The van der Waals surface area contributed by atoms with Gasteiger partial charge in [0.15, 0.2) is 0 Å². The molecular weight excluding hydrogens is 382 g/mol. The molecule has 1 N–H and O–H groups in total. The first-order valence-corrected chi connectivity index (χ1v) is 9.17. The summed E-state index contributed by atoms with van der Waals surface area (Å²) in [7, 11) is 3.12. The Hall–Kier alpha value is -4.06. The largest absolute Gasteiger partial charge is 0.497 e. The fourth-order valence-corrected chi connectivity index (χ4v) is 2.68. The normalized spacial score (nSPS) is 10.5. The predicted octanol–water partition coefficient (Wildman–Crippen LogP) is 4.57. The summed E-state index contributed by atoms with van der Waals surface area (Å²) in [5, 5.41) is 2.79. The minimum Gasteiger partial charge on any atom is -0.497 e. The molecule has 6 nitrogen and oxygen atoms in total. The Bertz CT molecular complexity index is 1040. The van der Waals surface area contributed by atoms with Gasteiger partial charge in [0.25, 0.3) is 5.91 Å². The Morgan fingerprint density at radius 1 is 0.833 bits per heavy atom. The van der Waals surface area contributed by atoms with Crippen molar-refractivity contribution in [1.29, 1.82) is 0 Å². The van der Waals surface area contributed by atoms with E-state index in [1.807, 2.05) is 6.07 Å². The summed E-state index contributed by atoms with van der Waals surface area (Å²) in [6, 6.07) is 20.7. The molecule has 0 atom stereocenters. The molecule has 0 fully saturated rings. The second kappa shape index (κ2) is 9.93. The van der Waals surface area contributed by atoms with Crippen LogP contribution in [0.3, 0.4) is 0 Å². The predicted molar refractivity (Wildman–Crippen MR) is 115 cm³/mol. The number of hydrogen-bond acceptors (Lipinski definition) is 5. The number of esters is 1. The van der Waals surface area contributed by atoms with Crippen molar-refractivity contribution in [3.63, 3.8) is 0 Å². The topological polar surface area (TPSA) is 73.9 Å². The number of anilines is 1. The minimum atomic E-state index is -0.541. The van der Waals surface area contributed by atoms with Gasteiger partial charge in [0.2, 0.25) is 0 Å². The molecule has 152 valence electrons. The molecule has 1 amide bonds. The average Bonchev–Trinajstić information content (AvgIpc) is 2.79. The van der Waals surface area contributed by atoms with Crippen molar-refractivity contribution in [1.82, 2.24) is 0 Å². The highest BCUT2D eigenvalue weighted by Crippen LogP contribution is 2.25. The van der Waals surface area contributed by atoms with Crippen LogP contribution in [0.5, 0.6) is 17.2 Å². The van der Waals surface area contributed by atoms with Crippen molar-refractivity contribution < 1.29 is 23.8 Å². The molecule has 30 heavy (non-hydrogen) atoms. The number of hydrogen-bond donors (Lipinski definition) is 1. The lowest BCUT2D eigenvalue weighted by Gasteiger charge is -2.08. The lowest BCUT2D eigenvalue weighted by atomic mass is 10.1. The Morgan fingerprint density at radius 3 is 2.20 bits per heavy atom. The third-order valence-corrected chi connectivity index (χ3v) is 4.20. The van der Waals surface area contributed by atoms with E-state index in [2.05, 4.69) is 5.32 Å². The molecule has 0 aromatic heterocycles. The van der Waals surface area contributed by atoms with Gasteiger partial charge in [-0.2, -0.15) is 0 Å². The maximum atomic E-state index is 12.2. The summed E-state index contributed by atoms with van der Waals surface area (Å²) >= 11 is 0. The number of ether oxygens (including phenoxy) is 3. The van der Waals surface area contributed by atoms with Gasteiger partial charge in [-0.15, -0.1) is 0 Å². The quantitative estimate of drug-likeness (QED) is 0.355. The molecule has 6 heteroatoms. The summed E-state index contributed by atoms with van der Waals surface area (Å²) in [5.41, 5.74) is 1.85. The molecule has 0 aliphatic heterocycles. The lowest BCUT2D eigenvalue weighted by Crippen LogP contribution is -2.11. The van der Waals surface area contributed by atoms with Crippen LogP contribution in [0, 0.1) is 0 Å². The molecule has 3 aromatic rings. The van der Waals surface area contributed by atoms with E-state index >= 15 is 0 Å². The average molecular weight is 403 g/mol. The van der Waals surface area contributed by atoms with E-state index in [0.717, 1.165) is 0 Å². The van der Waals surface area contributed by atoms with Crippen molar-refractivity contribution >= 4 is 23.6 Å². The zero-order valence-electron chi connectivity index (χ0n) is 16.6. The molecule has 0 bridgehead atoms. The van der Waals surface area contributed by atoms with E-state index in [9.17, 15) is 9.59 Å². The number of benzene rings is 3. The number of nitrogens with one attached hydrogen (secondary N) is 1. The number of carbonyl (C=O) groups excluding carboxylic acids is 2. The van der Waals surface area contributed by atoms with Crippen molar-refractivity contribution in [3.05, 3.63) is 90.0 Å². The van der Waals surface area contributed by atoms with Crippen molar-refractivity contribution in [2.24, 2.45) is 0 Å². The SMILES string of the molecule is COc1ccc(OC)c(/C=C/C(=O)Oc2ccc(NC(=O)c3ccccc3)cc2)c1. The number of carbonyl (C=O) groups is 2. The molecular formula is C24H21NO5. The van der Waals surface area contributed by atoms with Crippen LogP contribution in [0.4, 0.5) is 5.69 Å². The maximum absolute atomic E-state index is 12.2. The zero-order valence-corrected chi connectivity index (χ0v) is 16.6. The summed E-state index contributed by atoms with van der Waals surface area (Å²) in [6.45, 7) is 0. The molecule has 0 aliphatic rings. The Kier molecular flexibility index (Phi) is 6.84. The lowest BCUT2D eigenvalue weighted by molar-refractivity contribution is -0.128. The molecule has 0 spiro atoms. The van der Waals surface area contributed by atoms with Crippen LogP contribution in [-0.2, 0) is 4.79 Å². The van der Waals surface area contributed by atoms with Crippen molar-refractivity contribution in [3.8, 4) is 17.2 Å². The van der Waals surface area contributed by atoms with Crippen LogP contribution in [0.1, 0.15) is 15.9 Å². The standard InChI is InChI=1S/C24H21NO5/c1-28-21-13-14-22(29-2)18(16-21)8-15-23(26)30-20-11-9-19(10-12-20)25-24(27)17-6-4-3-5-7-17/h3-16H,1-2H3,(H,25,27)/b15-8+. The highest BCUT2D eigenvalue weighted by atomic mass is 16.5. The van der Waals surface area contributed by atoms with Gasteiger partial charge in [-0.3, -0.25) is 4.79 Å². The molecule has 0 saturated heterocycles. The molecule has 3 aromatic carbocycles. The van der Waals surface area contributed by atoms with Crippen LogP contribution in [0.25, 0.3) is 6.08 Å². The van der Waals surface area contributed by atoms with Crippen LogP contribution in [0.2, 0.25) is 0 Å². The van der Waals surface area contributed by atoms with Crippen LogP contribution >= 0.6 is 0 Å². The fraction of sp³-hybridized carbons (Fsp3) is 0.0833. The van der Waals surface area contributed by atoms with Gasteiger partial charge in [-0.1, -0.05) is 18.2 Å². The van der Waals surface area contributed by atoms with Crippen molar-refractivity contribution in [2.45, 2.75) is 0 Å². The molecule has 0 aliphatic carbocycles. The third-order valence-electron chi connectivity index (χ3n) is 4.20. The van der Waals surface area contributed by atoms with Gasteiger partial charge in [0.05, 0.1) is 14.2 Å². The summed E-state index contributed by atoms with van der Waals surface area (Å²) in [4.78, 5) is 24.3. The first kappa shape index (κ1) is 20.7. The highest BCUT2D eigenvalue weighted by molar-refractivity contribution is 6.04. The van der Waals surface area contributed by atoms with Crippen LogP contribution < -0.4 is 19.5 Å². The monoisotopic (exact) mass is 403 g/mol. The number of methoxy groups -OCH3 is 2. The van der Waals surface area contributed by atoms with Gasteiger partial charge in [0.1, 0.15) is 17.2 Å². The second-order valence-corrected chi connectivity index (χ2v) is 6.21. The molecule has 0 unspecified atom stereocenters. The van der Waals surface area contributed by atoms with E-state index in [1.54, 1.807) is 87.0 Å². The summed E-state index contributed by atoms with van der Waals surface area (Å²) < 4.78 is 15.8. The Balaban J connectivity index is 1.61. The molecule has 0 saturated carbocycles. The highest BCUT2D eigenvalue weighted by Gasteiger charge is 2.07. The molecule has 3 rings (SSSR count). The summed E-state index contributed by atoms with van der Waals surface area (Å²) in [6.07, 6.45) is 2.90. The number of amides is 1.